The Kier molecular flexibility index (Phi) is 6.18. The van der Waals surface area contributed by atoms with Crippen LogP contribution in [-0.2, 0) is 16.1 Å². The van der Waals surface area contributed by atoms with Crippen LogP contribution in [0.5, 0.6) is 5.75 Å². The van der Waals surface area contributed by atoms with Crippen LogP contribution in [0.25, 0.3) is 0 Å². The average Bonchev–Trinajstić information content (AvgIpc) is 2.76. The van der Waals surface area contributed by atoms with E-state index in [2.05, 4.69) is 34.7 Å². The normalized spacial score (nSPS) is 19.3. The molecule has 4 rings (SSSR count). The molecule has 2 aromatic rings. The topological polar surface area (TPSA) is 109 Å². The monoisotopic (exact) mass is 551 g/mol. The van der Waals surface area contributed by atoms with Gasteiger partial charge in [0.1, 0.15) is 29.8 Å². The summed E-state index contributed by atoms with van der Waals surface area (Å²) in [6.45, 7) is 4.30. The van der Waals surface area contributed by atoms with Crippen molar-refractivity contribution in [3.8, 4) is 17.9 Å². The first kappa shape index (κ1) is 22.9. The van der Waals surface area contributed by atoms with Crippen LogP contribution in [0, 0.1) is 31.6 Å². The van der Waals surface area contributed by atoms with Gasteiger partial charge in [-0.05, 0) is 51.8 Å². The summed E-state index contributed by atoms with van der Waals surface area (Å²) in [5, 5.41) is 19.1. The minimum absolute atomic E-state index is 0.0186. The van der Waals surface area contributed by atoms with E-state index in [1.54, 1.807) is 6.07 Å². The number of hydrogen-bond acceptors (Lipinski definition) is 6. The van der Waals surface area contributed by atoms with Gasteiger partial charge in [0.15, 0.2) is 5.78 Å². The standard InChI is InChI=1S/C26H22IN3O3/c1-26(2)10-20(31)24-22(11-26)33-25(30)18(13-29)23(24)15-7-8-21(19(27)9-15)32-14-17-6-4-3-5-16(17)12-28/h3-9,23H,10-11,14,30H2,1-2H3/t23-/m1/s1. The molecule has 6 nitrogen and oxygen atoms in total. The quantitative estimate of drug-likeness (QED) is 0.524. The molecule has 1 atom stereocenters. The Balaban J connectivity index is 1.67. The third-order valence-corrected chi connectivity index (χ3v) is 6.73. The van der Waals surface area contributed by atoms with Gasteiger partial charge in [0, 0.05) is 24.0 Å². The van der Waals surface area contributed by atoms with Crippen LogP contribution >= 0.6 is 22.6 Å². The lowest BCUT2D eigenvalue weighted by molar-refractivity contribution is -0.119. The van der Waals surface area contributed by atoms with Gasteiger partial charge in [0.25, 0.3) is 0 Å². The number of carbonyl (C=O) groups is 1. The summed E-state index contributed by atoms with van der Waals surface area (Å²) >= 11 is 2.17. The van der Waals surface area contributed by atoms with Crippen LogP contribution < -0.4 is 10.5 Å². The fourth-order valence-corrected chi connectivity index (χ4v) is 5.04. The Labute approximate surface area is 206 Å². The van der Waals surface area contributed by atoms with E-state index in [1.807, 2.05) is 50.2 Å². The molecule has 0 unspecified atom stereocenters. The van der Waals surface area contributed by atoms with Crippen molar-refractivity contribution < 1.29 is 14.3 Å². The molecular weight excluding hydrogens is 529 g/mol. The zero-order chi connectivity index (χ0) is 23.8. The Morgan fingerprint density at radius 3 is 2.64 bits per heavy atom. The first-order valence-electron chi connectivity index (χ1n) is 10.5. The molecule has 33 heavy (non-hydrogen) atoms. The highest BCUT2D eigenvalue weighted by atomic mass is 127. The van der Waals surface area contributed by atoms with Gasteiger partial charge < -0.3 is 15.2 Å². The van der Waals surface area contributed by atoms with Crippen LogP contribution in [0.2, 0.25) is 0 Å². The number of Topliss-reactive ketones (excluding diaryl/α,β-unsaturated/α-hetero) is 1. The average molecular weight is 551 g/mol. The lowest BCUT2D eigenvalue weighted by Crippen LogP contribution is -2.33. The highest BCUT2D eigenvalue weighted by Gasteiger charge is 2.43. The van der Waals surface area contributed by atoms with Crippen molar-refractivity contribution in [1.82, 2.24) is 0 Å². The number of ether oxygens (including phenoxy) is 2. The van der Waals surface area contributed by atoms with Gasteiger partial charge in [-0.15, -0.1) is 0 Å². The first-order chi connectivity index (χ1) is 15.7. The SMILES string of the molecule is CC1(C)CC(=O)C2=C(C1)OC(N)=C(C#N)[C@H]2c1ccc(OCc2ccccc2C#N)c(I)c1. The molecule has 0 spiro atoms. The van der Waals surface area contributed by atoms with Crippen molar-refractivity contribution in [2.24, 2.45) is 11.1 Å². The molecular formula is C26H22IN3O3. The maximum absolute atomic E-state index is 13.1. The van der Waals surface area contributed by atoms with Gasteiger partial charge in [0.05, 0.1) is 21.1 Å². The molecule has 1 heterocycles. The minimum Gasteiger partial charge on any atom is -0.488 e. The van der Waals surface area contributed by atoms with E-state index in [0.717, 1.165) is 14.7 Å². The first-order valence-corrected chi connectivity index (χ1v) is 11.6. The molecule has 0 aromatic heterocycles. The maximum atomic E-state index is 13.1. The number of benzene rings is 2. The third kappa shape index (κ3) is 4.46. The molecule has 7 heteroatoms. The van der Waals surface area contributed by atoms with Crippen molar-refractivity contribution in [3.63, 3.8) is 0 Å². The number of nitrogens with zero attached hydrogens (tertiary/aromatic N) is 2. The van der Waals surface area contributed by atoms with Gasteiger partial charge in [-0.2, -0.15) is 10.5 Å². The van der Waals surface area contributed by atoms with E-state index in [0.29, 0.717) is 35.5 Å². The summed E-state index contributed by atoms with van der Waals surface area (Å²) in [6.07, 6.45) is 0.974. The number of rotatable bonds is 4. The molecule has 1 aliphatic carbocycles. The van der Waals surface area contributed by atoms with E-state index < -0.39 is 5.92 Å². The zero-order valence-corrected chi connectivity index (χ0v) is 20.5. The molecule has 0 radical (unpaired) electrons. The van der Waals surface area contributed by atoms with E-state index in [9.17, 15) is 15.3 Å². The largest absolute Gasteiger partial charge is 0.488 e. The number of halogens is 1. The molecule has 1 aliphatic heterocycles. The van der Waals surface area contributed by atoms with Gasteiger partial charge in [-0.1, -0.05) is 38.1 Å². The molecule has 166 valence electrons. The fourth-order valence-electron chi connectivity index (χ4n) is 4.34. The van der Waals surface area contributed by atoms with E-state index in [-0.39, 0.29) is 29.3 Å². The molecule has 2 aliphatic rings. The Hall–Kier alpha value is -3.30. The second kappa shape index (κ2) is 8.92. The molecule has 2 aromatic carbocycles. The Morgan fingerprint density at radius 1 is 1.18 bits per heavy atom. The van der Waals surface area contributed by atoms with Crippen LogP contribution in [0.15, 0.2) is 65.3 Å². The minimum atomic E-state index is -0.566. The summed E-state index contributed by atoms with van der Waals surface area (Å²) in [4.78, 5) is 13.1. The Morgan fingerprint density at radius 2 is 1.94 bits per heavy atom. The number of nitriles is 2. The van der Waals surface area contributed by atoms with Crippen LogP contribution in [-0.4, -0.2) is 5.78 Å². The highest BCUT2D eigenvalue weighted by molar-refractivity contribution is 14.1. The predicted octanol–water partition coefficient (Wildman–Crippen LogP) is 5.19. The van der Waals surface area contributed by atoms with Gasteiger partial charge in [0.2, 0.25) is 5.88 Å². The fraction of sp³-hybridized carbons (Fsp3) is 0.269. The summed E-state index contributed by atoms with van der Waals surface area (Å²) in [5.41, 5.74) is 8.80. The van der Waals surface area contributed by atoms with Crippen molar-refractivity contribution in [2.75, 3.05) is 0 Å². The smallest absolute Gasteiger partial charge is 0.205 e. The summed E-state index contributed by atoms with van der Waals surface area (Å²) in [6, 6.07) is 17.2. The summed E-state index contributed by atoms with van der Waals surface area (Å²) in [5.74, 6) is 0.676. The summed E-state index contributed by atoms with van der Waals surface area (Å²) < 4.78 is 12.6. The maximum Gasteiger partial charge on any atom is 0.205 e. The number of nitrogens with two attached hydrogens (primary N) is 1. The van der Waals surface area contributed by atoms with E-state index in [4.69, 9.17) is 15.2 Å². The zero-order valence-electron chi connectivity index (χ0n) is 18.3. The van der Waals surface area contributed by atoms with E-state index in [1.165, 1.54) is 0 Å². The second-order valence-corrected chi connectivity index (χ2v) is 10.1. The second-order valence-electron chi connectivity index (χ2n) is 8.95. The predicted molar refractivity (Wildman–Crippen MR) is 130 cm³/mol. The number of allylic oxidation sites excluding steroid dienone is 3. The lowest BCUT2D eigenvalue weighted by atomic mass is 9.70. The number of hydrogen-bond donors (Lipinski definition) is 1. The number of ketones is 1. The van der Waals surface area contributed by atoms with E-state index >= 15 is 0 Å². The number of carbonyl (C=O) groups excluding carboxylic acids is 1. The van der Waals surface area contributed by atoms with Crippen molar-refractivity contribution in [3.05, 3.63) is 85.5 Å². The molecule has 0 fully saturated rings. The third-order valence-electron chi connectivity index (χ3n) is 5.89. The van der Waals surface area contributed by atoms with Gasteiger partial charge in [-0.25, -0.2) is 0 Å². The molecule has 0 bridgehead atoms. The van der Waals surface area contributed by atoms with Crippen molar-refractivity contribution >= 4 is 28.4 Å². The van der Waals surface area contributed by atoms with Crippen LogP contribution in [0.1, 0.15) is 49.3 Å². The molecule has 0 saturated heterocycles. The lowest BCUT2D eigenvalue weighted by Gasteiger charge is -2.37. The molecule has 0 amide bonds. The van der Waals surface area contributed by atoms with Crippen LogP contribution in [0.4, 0.5) is 0 Å². The van der Waals surface area contributed by atoms with Gasteiger partial charge in [-0.3, -0.25) is 4.79 Å². The molecule has 2 N–H and O–H groups in total. The molecule has 0 saturated carbocycles. The van der Waals surface area contributed by atoms with Crippen molar-refractivity contribution in [2.45, 2.75) is 39.2 Å². The van der Waals surface area contributed by atoms with Gasteiger partial charge >= 0.3 is 0 Å². The Bertz CT molecular complexity index is 1290. The highest BCUT2D eigenvalue weighted by Crippen LogP contribution is 2.48. The summed E-state index contributed by atoms with van der Waals surface area (Å²) in [7, 11) is 0. The van der Waals surface area contributed by atoms with Crippen molar-refractivity contribution in [1.29, 1.82) is 10.5 Å². The van der Waals surface area contributed by atoms with Crippen LogP contribution in [0.3, 0.4) is 0 Å².